The topological polar surface area (TPSA) is 77.6 Å². The summed E-state index contributed by atoms with van der Waals surface area (Å²) in [4.78, 5) is 15.5. The average Bonchev–Trinajstić information content (AvgIpc) is 3.04. The molecule has 1 N–H and O–H groups in total. The molecular formula is C12H18N6O. The number of aryl methyl sites for hydroxylation is 2. The highest BCUT2D eigenvalue weighted by Crippen LogP contribution is 2.04. The molecule has 0 aliphatic heterocycles. The molecule has 7 nitrogen and oxygen atoms in total. The molecule has 2 aromatic heterocycles. The normalized spacial score (nSPS) is 12.3. The second kappa shape index (κ2) is 6.12. The van der Waals surface area contributed by atoms with Crippen molar-refractivity contribution in [1.82, 2.24) is 29.9 Å². The molecule has 102 valence electrons. The molecule has 1 atom stereocenters. The lowest BCUT2D eigenvalue weighted by Gasteiger charge is -2.13. The number of carbonyl (C=O) groups is 1. The van der Waals surface area contributed by atoms with Gasteiger partial charge in [-0.3, -0.25) is 14.2 Å². The van der Waals surface area contributed by atoms with Crippen molar-refractivity contribution in [2.45, 2.75) is 32.9 Å². The van der Waals surface area contributed by atoms with Gasteiger partial charge in [0.1, 0.15) is 12.7 Å². The summed E-state index contributed by atoms with van der Waals surface area (Å²) in [5.74, 6) is 0.00577. The second-order valence-corrected chi connectivity index (χ2v) is 4.56. The Kier molecular flexibility index (Phi) is 4.27. The Morgan fingerprint density at radius 2 is 2.32 bits per heavy atom. The number of hydrogen-bond acceptors (Lipinski definition) is 4. The maximum Gasteiger partial charge on any atom is 0.221 e. The van der Waals surface area contributed by atoms with Crippen LogP contribution in [-0.2, 0) is 11.3 Å². The molecule has 0 spiro atoms. The fourth-order valence-corrected chi connectivity index (χ4v) is 1.68. The average molecular weight is 262 g/mol. The molecular weight excluding hydrogens is 244 g/mol. The van der Waals surface area contributed by atoms with Gasteiger partial charge >= 0.3 is 0 Å². The van der Waals surface area contributed by atoms with Gasteiger partial charge in [-0.15, -0.1) is 0 Å². The van der Waals surface area contributed by atoms with Crippen molar-refractivity contribution in [3.05, 3.63) is 30.6 Å². The number of aromatic nitrogens is 5. The summed E-state index contributed by atoms with van der Waals surface area (Å²) >= 11 is 0. The molecule has 0 unspecified atom stereocenters. The van der Waals surface area contributed by atoms with Crippen LogP contribution >= 0.6 is 0 Å². The van der Waals surface area contributed by atoms with Crippen molar-refractivity contribution in [1.29, 1.82) is 0 Å². The van der Waals surface area contributed by atoms with Crippen LogP contribution in [0.2, 0.25) is 0 Å². The zero-order chi connectivity index (χ0) is 13.7. The fraction of sp³-hybridized carbons (Fsp3) is 0.500. The Balaban J connectivity index is 1.71. The van der Waals surface area contributed by atoms with Gasteiger partial charge in [0.25, 0.3) is 0 Å². The first-order valence-electron chi connectivity index (χ1n) is 6.25. The molecule has 0 radical (unpaired) electrons. The number of rotatable bonds is 6. The van der Waals surface area contributed by atoms with Crippen LogP contribution in [0.15, 0.2) is 25.0 Å². The van der Waals surface area contributed by atoms with E-state index in [0.717, 1.165) is 5.56 Å². The van der Waals surface area contributed by atoms with E-state index in [4.69, 9.17) is 0 Å². The third-order valence-corrected chi connectivity index (χ3v) is 2.81. The summed E-state index contributed by atoms with van der Waals surface area (Å²) in [5.41, 5.74) is 1.12. The number of carbonyl (C=O) groups excluding carboxylic acids is 1. The van der Waals surface area contributed by atoms with E-state index >= 15 is 0 Å². The van der Waals surface area contributed by atoms with E-state index in [-0.39, 0.29) is 11.9 Å². The van der Waals surface area contributed by atoms with Gasteiger partial charge in [0.2, 0.25) is 5.91 Å². The summed E-state index contributed by atoms with van der Waals surface area (Å²) in [6, 6.07) is 0.143. The highest BCUT2D eigenvalue weighted by Gasteiger charge is 2.08. The zero-order valence-corrected chi connectivity index (χ0v) is 11.2. The van der Waals surface area contributed by atoms with E-state index in [1.54, 1.807) is 11.0 Å². The molecule has 0 aromatic carbocycles. The summed E-state index contributed by atoms with van der Waals surface area (Å²) in [6.07, 6.45) is 7.23. The Labute approximate surface area is 111 Å². The Bertz CT molecular complexity index is 518. The van der Waals surface area contributed by atoms with Crippen LogP contribution in [0.1, 0.15) is 24.9 Å². The summed E-state index contributed by atoms with van der Waals surface area (Å²) in [6.45, 7) is 5.12. The predicted octanol–water partition coefficient (Wildman–Crippen LogP) is 0.551. The molecule has 2 heterocycles. The van der Waals surface area contributed by atoms with E-state index in [1.165, 1.54) is 6.33 Å². The third-order valence-electron chi connectivity index (χ3n) is 2.81. The first-order chi connectivity index (χ1) is 9.15. The van der Waals surface area contributed by atoms with Crippen molar-refractivity contribution in [2.75, 3.05) is 6.54 Å². The molecule has 0 aliphatic carbocycles. The van der Waals surface area contributed by atoms with Gasteiger partial charge in [0.15, 0.2) is 0 Å². The van der Waals surface area contributed by atoms with Crippen LogP contribution in [0.25, 0.3) is 0 Å². The van der Waals surface area contributed by atoms with Crippen LogP contribution in [0.3, 0.4) is 0 Å². The van der Waals surface area contributed by atoms with Crippen molar-refractivity contribution in [3.8, 4) is 0 Å². The minimum atomic E-state index is 0.00577. The van der Waals surface area contributed by atoms with Crippen molar-refractivity contribution in [2.24, 2.45) is 0 Å². The van der Waals surface area contributed by atoms with Gasteiger partial charge in [-0.1, -0.05) is 0 Å². The Morgan fingerprint density at radius 3 is 2.95 bits per heavy atom. The minimum absolute atomic E-state index is 0.00577. The summed E-state index contributed by atoms with van der Waals surface area (Å²) in [5, 5.41) is 11.1. The molecule has 0 bridgehead atoms. The molecule has 2 aromatic rings. The van der Waals surface area contributed by atoms with Crippen LogP contribution in [0.4, 0.5) is 0 Å². The standard InChI is InChI=1S/C12H18N6O/c1-10-5-15-18(7-10)11(2)6-14-12(19)3-4-17-9-13-8-16-17/h5,7-9,11H,3-4,6H2,1-2H3,(H,14,19)/t11-/m1/s1. The molecule has 0 saturated carbocycles. The van der Waals surface area contributed by atoms with Gasteiger partial charge in [-0.25, -0.2) is 4.98 Å². The predicted molar refractivity (Wildman–Crippen MR) is 69.3 cm³/mol. The lowest BCUT2D eigenvalue weighted by molar-refractivity contribution is -0.121. The van der Waals surface area contributed by atoms with Crippen LogP contribution in [-0.4, -0.2) is 37.0 Å². The van der Waals surface area contributed by atoms with Crippen molar-refractivity contribution in [3.63, 3.8) is 0 Å². The first kappa shape index (κ1) is 13.3. The second-order valence-electron chi connectivity index (χ2n) is 4.56. The minimum Gasteiger partial charge on any atom is -0.354 e. The number of nitrogens with one attached hydrogen (secondary N) is 1. The third kappa shape index (κ3) is 3.90. The zero-order valence-electron chi connectivity index (χ0n) is 11.2. The lowest BCUT2D eigenvalue weighted by Crippen LogP contribution is -2.30. The van der Waals surface area contributed by atoms with Crippen molar-refractivity contribution >= 4 is 5.91 Å². The van der Waals surface area contributed by atoms with Crippen molar-refractivity contribution < 1.29 is 4.79 Å². The van der Waals surface area contributed by atoms with Gasteiger partial charge in [0.05, 0.1) is 18.8 Å². The summed E-state index contributed by atoms with van der Waals surface area (Å²) in [7, 11) is 0. The lowest BCUT2D eigenvalue weighted by atomic mass is 10.3. The maximum absolute atomic E-state index is 11.7. The Hall–Kier alpha value is -2.18. The molecule has 1 amide bonds. The van der Waals surface area contributed by atoms with E-state index < -0.39 is 0 Å². The number of amides is 1. The Morgan fingerprint density at radius 1 is 1.47 bits per heavy atom. The summed E-state index contributed by atoms with van der Waals surface area (Å²) < 4.78 is 3.49. The SMILES string of the molecule is Cc1cnn([C@H](C)CNC(=O)CCn2cncn2)c1. The highest BCUT2D eigenvalue weighted by atomic mass is 16.1. The molecule has 0 fully saturated rings. The highest BCUT2D eigenvalue weighted by molar-refractivity contribution is 5.75. The van der Waals surface area contributed by atoms with Gasteiger partial charge in [-0.2, -0.15) is 10.2 Å². The van der Waals surface area contributed by atoms with Gasteiger partial charge in [-0.05, 0) is 19.4 Å². The van der Waals surface area contributed by atoms with E-state index in [0.29, 0.717) is 19.5 Å². The smallest absolute Gasteiger partial charge is 0.221 e. The molecule has 0 aliphatic rings. The van der Waals surface area contributed by atoms with E-state index in [9.17, 15) is 4.79 Å². The van der Waals surface area contributed by atoms with Gasteiger partial charge < -0.3 is 5.32 Å². The van der Waals surface area contributed by atoms with Gasteiger partial charge in [0, 0.05) is 19.2 Å². The maximum atomic E-state index is 11.7. The molecule has 7 heteroatoms. The van der Waals surface area contributed by atoms with Crippen LogP contribution < -0.4 is 5.32 Å². The van der Waals surface area contributed by atoms with Crippen LogP contribution in [0.5, 0.6) is 0 Å². The number of nitrogens with zero attached hydrogens (tertiary/aromatic N) is 5. The molecule has 2 rings (SSSR count). The molecule has 19 heavy (non-hydrogen) atoms. The fourth-order valence-electron chi connectivity index (χ4n) is 1.68. The number of hydrogen-bond donors (Lipinski definition) is 1. The molecule has 0 saturated heterocycles. The largest absolute Gasteiger partial charge is 0.354 e. The van der Waals surface area contributed by atoms with E-state index in [2.05, 4.69) is 20.5 Å². The van der Waals surface area contributed by atoms with E-state index in [1.807, 2.05) is 30.9 Å². The first-order valence-corrected chi connectivity index (χ1v) is 6.25. The monoisotopic (exact) mass is 262 g/mol. The quantitative estimate of drug-likeness (QED) is 0.824. The van der Waals surface area contributed by atoms with Crippen LogP contribution in [0, 0.1) is 6.92 Å².